The zero-order valence-corrected chi connectivity index (χ0v) is 14.9. The summed E-state index contributed by atoms with van der Waals surface area (Å²) in [6, 6.07) is 6.23. The van der Waals surface area contributed by atoms with E-state index < -0.39 is 0 Å². The maximum Gasteiger partial charge on any atom is 0.125 e. The second kappa shape index (κ2) is 4.69. The molecule has 0 aliphatic carbocycles. The Morgan fingerprint density at radius 3 is 2.18 bits per heavy atom. The van der Waals surface area contributed by atoms with E-state index in [1.54, 1.807) is 7.11 Å². The van der Waals surface area contributed by atoms with Gasteiger partial charge in [0.15, 0.2) is 0 Å². The number of benzene rings is 1. The summed E-state index contributed by atoms with van der Waals surface area (Å²) in [4.78, 5) is 5.04. The SMILES string of the molecule is COc1ccc(Br)cc1C1N2CC3(C)CN1CC(C)(C2)C3O. The van der Waals surface area contributed by atoms with E-state index in [-0.39, 0.29) is 23.1 Å². The van der Waals surface area contributed by atoms with Crippen molar-refractivity contribution in [3.63, 3.8) is 0 Å². The molecule has 1 N–H and O–H groups in total. The van der Waals surface area contributed by atoms with Gasteiger partial charge in [-0.25, -0.2) is 0 Å². The molecule has 4 aliphatic rings. The van der Waals surface area contributed by atoms with Gasteiger partial charge in [0.2, 0.25) is 0 Å². The lowest BCUT2D eigenvalue weighted by atomic mass is 9.60. The molecule has 5 rings (SSSR count). The van der Waals surface area contributed by atoms with E-state index >= 15 is 0 Å². The number of halogens is 1. The summed E-state index contributed by atoms with van der Waals surface area (Å²) in [5.41, 5.74) is 1.17. The number of rotatable bonds is 2. The van der Waals surface area contributed by atoms with Crippen LogP contribution in [0, 0.1) is 10.8 Å². The van der Waals surface area contributed by atoms with E-state index in [0.717, 1.165) is 36.4 Å². The summed E-state index contributed by atoms with van der Waals surface area (Å²) >= 11 is 3.59. The molecule has 4 fully saturated rings. The Hall–Kier alpha value is -0.620. The Bertz CT molecular complexity index is 583. The third-order valence-corrected chi connectivity index (χ3v) is 6.23. The first kappa shape index (κ1) is 14.9. The first-order valence-electron chi connectivity index (χ1n) is 7.86. The monoisotopic (exact) mass is 366 g/mol. The zero-order valence-electron chi connectivity index (χ0n) is 13.3. The summed E-state index contributed by atoms with van der Waals surface area (Å²) in [5, 5.41) is 10.8. The van der Waals surface area contributed by atoms with Crippen molar-refractivity contribution < 1.29 is 9.84 Å². The zero-order chi connectivity index (χ0) is 15.7. The van der Waals surface area contributed by atoms with Gasteiger partial charge in [0.05, 0.1) is 19.4 Å². The van der Waals surface area contributed by atoms with Crippen molar-refractivity contribution in [2.45, 2.75) is 26.1 Å². The molecular formula is C17H23BrN2O2. The molecule has 0 spiro atoms. The van der Waals surface area contributed by atoms with Gasteiger partial charge in [0.25, 0.3) is 0 Å². The highest BCUT2D eigenvalue weighted by Crippen LogP contribution is 2.55. The lowest BCUT2D eigenvalue weighted by Gasteiger charge is -2.68. The molecule has 4 heterocycles. The highest BCUT2D eigenvalue weighted by Gasteiger charge is 2.62. The Morgan fingerprint density at radius 2 is 1.68 bits per heavy atom. The van der Waals surface area contributed by atoms with Crippen molar-refractivity contribution in [1.29, 1.82) is 0 Å². The van der Waals surface area contributed by atoms with E-state index in [1.807, 2.05) is 12.1 Å². The highest BCUT2D eigenvalue weighted by molar-refractivity contribution is 9.10. The number of nitrogens with zero attached hydrogens (tertiary/aromatic N) is 2. The lowest BCUT2D eigenvalue weighted by Crippen LogP contribution is -2.76. The number of piperidine rings is 2. The molecule has 4 bridgehead atoms. The fourth-order valence-electron chi connectivity index (χ4n) is 5.13. The Labute approximate surface area is 140 Å². The average Bonchev–Trinajstić information content (AvgIpc) is 2.43. The molecule has 22 heavy (non-hydrogen) atoms. The van der Waals surface area contributed by atoms with Crippen LogP contribution in [0.4, 0.5) is 0 Å². The molecule has 0 unspecified atom stereocenters. The van der Waals surface area contributed by atoms with Gasteiger partial charge >= 0.3 is 0 Å². The normalized spacial score (nSPS) is 46.0. The van der Waals surface area contributed by atoms with Crippen molar-refractivity contribution in [3.05, 3.63) is 28.2 Å². The van der Waals surface area contributed by atoms with Crippen LogP contribution in [0.5, 0.6) is 5.75 Å². The van der Waals surface area contributed by atoms with Crippen LogP contribution < -0.4 is 4.74 Å². The second-order valence-electron chi connectivity index (χ2n) is 7.78. The van der Waals surface area contributed by atoms with E-state index in [1.165, 1.54) is 5.56 Å². The van der Waals surface area contributed by atoms with Gasteiger partial charge in [-0.3, -0.25) is 9.80 Å². The smallest absolute Gasteiger partial charge is 0.125 e. The number of hydrogen-bond acceptors (Lipinski definition) is 4. The van der Waals surface area contributed by atoms with Crippen molar-refractivity contribution in [2.75, 3.05) is 33.3 Å². The first-order valence-corrected chi connectivity index (χ1v) is 8.65. The fraction of sp³-hybridized carbons (Fsp3) is 0.647. The summed E-state index contributed by atoms with van der Waals surface area (Å²) in [6.45, 7) is 8.23. The largest absolute Gasteiger partial charge is 0.496 e. The number of ether oxygens (including phenoxy) is 1. The maximum atomic E-state index is 10.8. The molecule has 0 aromatic heterocycles. The van der Waals surface area contributed by atoms with Gasteiger partial charge in [0.1, 0.15) is 5.75 Å². The number of methoxy groups -OCH3 is 1. The third-order valence-electron chi connectivity index (χ3n) is 5.74. The minimum absolute atomic E-state index is 0.0268. The van der Waals surface area contributed by atoms with E-state index in [0.29, 0.717) is 0 Å². The van der Waals surface area contributed by atoms with Gasteiger partial charge in [-0.05, 0) is 18.2 Å². The van der Waals surface area contributed by atoms with E-state index in [9.17, 15) is 5.11 Å². The predicted molar refractivity (Wildman–Crippen MR) is 88.8 cm³/mol. The molecule has 1 aromatic rings. The Balaban J connectivity index is 1.77. The first-order chi connectivity index (χ1) is 10.4. The van der Waals surface area contributed by atoms with Crippen LogP contribution in [0.25, 0.3) is 0 Å². The van der Waals surface area contributed by atoms with E-state index in [2.05, 4.69) is 45.6 Å². The summed E-state index contributed by atoms with van der Waals surface area (Å²) < 4.78 is 6.69. The van der Waals surface area contributed by atoms with Crippen LogP contribution >= 0.6 is 15.9 Å². The molecule has 0 atom stereocenters. The van der Waals surface area contributed by atoms with Gasteiger partial charge in [-0.15, -0.1) is 0 Å². The summed E-state index contributed by atoms with van der Waals surface area (Å²) in [5.74, 6) is 0.941. The van der Waals surface area contributed by atoms with Crippen molar-refractivity contribution in [3.8, 4) is 5.75 Å². The molecule has 4 saturated heterocycles. The van der Waals surface area contributed by atoms with Gasteiger partial charge in [-0.1, -0.05) is 29.8 Å². The minimum Gasteiger partial charge on any atom is -0.496 e. The Morgan fingerprint density at radius 1 is 1.14 bits per heavy atom. The van der Waals surface area contributed by atoms with Crippen LogP contribution in [0.2, 0.25) is 0 Å². The van der Waals surface area contributed by atoms with Crippen LogP contribution in [-0.2, 0) is 0 Å². The molecular weight excluding hydrogens is 344 g/mol. The molecule has 0 amide bonds. The van der Waals surface area contributed by atoms with Crippen LogP contribution in [0.1, 0.15) is 25.6 Å². The minimum atomic E-state index is -0.210. The molecule has 4 nitrogen and oxygen atoms in total. The molecule has 4 aliphatic heterocycles. The van der Waals surface area contributed by atoms with Crippen molar-refractivity contribution in [2.24, 2.45) is 10.8 Å². The fourth-order valence-corrected chi connectivity index (χ4v) is 5.51. The summed E-state index contributed by atoms with van der Waals surface area (Å²) in [6.07, 6.45) is 0.0407. The molecule has 0 radical (unpaired) electrons. The topological polar surface area (TPSA) is 35.9 Å². The lowest BCUT2D eigenvalue weighted by molar-refractivity contribution is -0.254. The summed E-state index contributed by atoms with van der Waals surface area (Å²) in [7, 11) is 1.74. The van der Waals surface area contributed by atoms with Crippen LogP contribution in [0.15, 0.2) is 22.7 Å². The predicted octanol–water partition coefficient (Wildman–Crippen LogP) is 2.47. The molecule has 5 heteroatoms. The number of aliphatic hydroxyl groups is 1. The second-order valence-corrected chi connectivity index (χ2v) is 8.70. The van der Waals surface area contributed by atoms with Gasteiger partial charge < -0.3 is 9.84 Å². The van der Waals surface area contributed by atoms with Gasteiger partial charge in [0, 0.05) is 47.0 Å². The Kier molecular flexibility index (Phi) is 3.19. The number of hydrogen-bond donors (Lipinski definition) is 1. The van der Waals surface area contributed by atoms with Crippen LogP contribution in [0.3, 0.4) is 0 Å². The van der Waals surface area contributed by atoms with Crippen molar-refractivity contribution >= 4 is 15.9 Å². The molecule has 1 aromatic carbocycles. The highest BCUT2D eigenvalue weighted by atomic mass is 79.9. The molecule has 0 saturated carbocycles. The number of aliphatic hydroxyl groups excluding tert-OH is 1. The van der Waals surface area contributed by atoms with Gasteiger partial charge in [-0.2, -0.15) is 0 Å². The quantitative estimate of drug-likeness (QED) is 0.871. The average molecular weight is 367 g/mol. The maximum absolute atomic E-state index is 10.8. The third kappa shape index (κ3) is 1.92. The van der Waals surface area contributed by atoms with E-state index in [4.69, 9.17) is 4.74 Å². The van der Waals surface area contributed by atoms with Crippen LogP contribution in [-0.4, -0.2) is 54.3 Å². The van der Waals surface area contributed by atoms with Crippen molar-refractivity contribution in [1.82, 2.24) is 9.80 Å². The molecule has 120 valence electrons. The standard InChI is InChI=1S/C17H23BrN2O2/c1-16-7-19-9-17(2,15(16)21)10-20(8-16)14(19)12-6-11(18)4-5-13(12)22-3/h4-6,14-15,21H,7-10H2,1-3H3.